The van der Waals surface area contributed by atoms with E-state index in [1.165, 1.54) is 0 Å². The highest BCUT2D eigenvalue weighted by Gasteiger charge is 2.22. The van der Waals surface area contributed by atoms with Crippen molar-refractivity contribution >= 4 is 11.8 Å². The van der Waals surface area contributed by atoms with E-state index in [0.717, 1.165) is 25.1 Å². The first-order valence-electron chi connectivity index (χ1n) is 6.81. The number of nitrogens with zero attached hydrogens (tertiary/aromatic N) is 3. The summed E-state index contributed by atoms with van der Waals surface area (Å²) in [4.78, 5) is 27.7. The topological polar surface area (TPSA) is 45.6 Å². The first kappa shape index (κ1) is 13.6. The Morgan fingerprint density at radius 3 is 2.47 bits per heavy atom. The van der Waals surface area contributed by atoms with E-state index in [9.17, 15) is 9.59 Å². The number of rotatable bonds is 2. The monoisotopic (exact) mass is 263 g/mol. The molecule has 0 atom stereocenters. The van der Waals surface area contributed by atoms with Gasteiger partial charge in [0.05, 0.1) is 5.56 Å². The van der Waals surface area contributed by atoms with E-state index in [0.29, 0.717) is 19.5 Å². The van der Waals surface area contributed by atoms with Gasteiger partial charge in [-0.2, -0.15) is 0 Å². The van der Waals surface area contributed by atoms with Crippen molar-refractivity contribution in [3.63, 3.8) is 0 Å². The summed E-state index contributed by atoms with van der Waals surface area (Å²) in [5.41, 5.74) is 0.720. The van der Waals surface area contributed by atoms with Crippen molar-refractivity contribution in [2.24, 2.45) is 7.05 Å². The summed E-state index contributed by atoms with van der Waals surface area (Å²) in [6, 6.07) is 1.84. The van der Waals surface area contributed by atoms with E-state index >= 15 is 0 Å². The molecule has 0 unspecified atom stereocenters. The van der Waals surface area contributed by atoms with Crippen LogP contribution in [-0.2, 0) is 11.8 Å². The Balaban J connectivity index is 1.99. The van der Waals surface area contributed by atoms with Crippen LogP contribution < -0.4 is 0 Å². The summed E-state index contributed by atoms with van der Waals surface area (Å²) < 4.78 is 1.87. The lowest BCUT2D eigenvalue weighted by atomic mass is 10.3. The van der Waals surface area contributed by atoms with Gasteiger partial charge in [0.1, 0.15) is 0 Å². The fourth-order valence-electron chi connectivity index (χ4n) is 2.41. The van der Waals surface area contributed by atoms with Crippen molar-refractivity contribution in [1.29, 1.82) is 0 Å². The van der Waals surface area contributed by atoms with E-state index in [-0.39, 0.29) is 11.8 Å². The minimum absolute atomic E-state index is 0.0615. The normalized spacial score (nSPS) is 16.3. The van der Waals surface area contributed by atoms with Crippen molar-refractivity contribution in [2.45, 2.75) is 19.8 Å². The first-order chi connectivity index (χ1) is 9.11. The molecule has 5 nitrogen and oxygen atoms in total. The molecule has 0 aromatic carbocycles. The molecule has 2 heterocycles. The molecule has 1 saturated heterocycles. The van der Waals surface area contributed by atoms with Gasteiger partial charge in [-0.05, 0) is 12.5 Å². The van der Waals surface area contributed by atoms with Crippen molar-refractivity contribution in [2.75, 3.05) is 26.2 Å². The van der Waals surface area contributed by atoms with Gasteiger partial charge in [0.15, 0.2) is 0 Å². The van der Waals surface area contributed by atoms with Crippen LogP contribution in [0.1, 0.15) is 30.1 Å². The molecule has 2 rings (SSSR count). The molecular formula is C14H21N3O2. The maximum atomic E-state index is 12.3. The Kier molecular flexibility index (Phi) is 4.24. The fourth-order valence-corrected chi connectivity index (χ4v) is 2.41. The molecule has 104 valence electrons. The molecule has 19 heavy (non-hydrogen) atoms. The molecule has 0 N–H and O–H groups in total. The molecule has 1 fully saturated rings. The standard InChI is InChI=1S/C14H21N3O2/c1-3-13(18)16-6-4-7-17(10-9-16)14(19)12-5-8-15(2)11-12/h5,8,11H,3-4,6-7,9-10H2,1-2H3. The first-order valence-corrected chi connectivity index (χ1v) is 6.81. The average Bonchev–Trinajstić information content (AvgIpc) is 2.71. The molecule has 1 aliphatic heterocycles. The molecule has 0 aliphatic carbocycles. The largest absolute Gasteiger partial charge is 0.356 e. The van der Waals surface area contributed by atoms with Gasteiger partial charge in [0.2, 0.25) is 5.91 Å². The molecular weight excluding hydrogens is 242 g/mol. The Labute approximate surface area is 113 Å². The molecule has 0 spiro atoms. The Morgan fingerprint density at radius 1 is 1.16 bits per heavy atom. The summed E-state index contributed by atoms with van der Waals surface area (Å²) in [5.74, 6) is 0.236. The average molecular weight is 263 g/mol. The highest BCUT2D eigenvalue weighted by Crippen LogP contribution is 2.10. The summed E-state index contributed by atoms with van der Waals surface area (Å²) >= 11 is 0. The van der Waals surface area contributed by atoms with Crippen molar-refractivity contribution < 1.29 is 9.59 Å². The van der Waals surface area contributed by atoms with Crippen LogP contribution in [0.2, 0.25) is 0 Å². The van der Waals surface area contributed by atoms with E-state index in [4.69, 9.17) is 0 Å². The minimum atomic E-state index is 0.0615. The second-order valence-electron chi connectivity index (χ2n) is 4.95. The molecule has 1 aromatic rings. The SMILES string of the molecule is CCC(=O)N1CCCN(C(=O)c2ccn(C)c2)CC1. The van der Waals surface area contributed by atoms with E-state index in [1.54, 1.807) is 0 Å². The lowest BCUT2D eigenvalue weighted by molar-refractivity contribution is -0.130. The van der Waals surface area contributed by atoms with E-state index in [2.05, 4.69) is 0 Å². The molecule has 5 heteroatoms. The van der Waals surface area contributed by atoms with E-state index < -0.39 is 0 Å². The quantitative estimate of drug-likeness (QED) is 0.802. The molecule has 2 amide bonds. The third kappa shape index (κ3) is 3.16. The summed E-state index contributed by atoms with van der Waals surface area (Å²) in [6.45, 7) is 4.62. The fraction of sp³-hybridized carbons (Fsp3) is 0.571. The van der Waals surface area contributed by atoms with Crippen LogP contribution in [0.5, 0.6) is 0 Å². The maximum Gasteiger partial charge on any atom is 0.255 e. The second-order valence-corrected chi connectivity index (χ2v) is 4.95. The minimum Gasteiger partial charge on any atom is -0.356 e. The lowest BCUT2D eigenvalue weighted by Gasteiger charge is -2.21. The van der Waals surface area contributed by atoms with Gasteiger partial charge in [0, 0.05) is 52.0 Å². The number of aromatic nitrogens is 1. The van der Waals surface area contributed by atoms with Crippen molar-refractivity contribution in [1.82, 2.24) is 14.4 Å². The smallest absolute Gasteiger partial charge is 0.255 e. The van der Waals surface area contributed by atoms with Crippen LogP contribution >= 0.6 is 0 Å². The summed E-state index contributed by atoms with van der Waals surface area (Å²) in [5, 5.41) is 0. The molecule has 0 saturated carbocycles. The number of carbonyl (C=O) groups excluding carboxylic acids is 2. The number of carbonyl (C=O) groups is 2. The zero-order chi connectivity index (χ0) is 13.8. The van der Waals surface area contributed by atoms with Gasteiger partial charge in [-0.15, -0.1) is 0 Å². The Morgan fingerprint density at radius 2 is 1.84 bits per heavy atom. The second kappa shape index (κ2) is 5.91. The van der Waals surface area contributed by atoms with Gasteiger partial charge in [-0.1, -0.05) is 6.92 Å². The van der Waals surface area contributed by atoms with Crippen LogP contribution in [0.25, 0.3) is 0 Å². The van der Waals surface area contributed by atoms with E-state index in [1.807, 2.05) is 46.8 Å². The van der Waals surface area contributed by atoms with Crippen LogP contribution in [0.4, 0.5) is 0 Å². The molecule has 1 aromatic heterocycles. The number of hydrogen-bond acceptors (Lipinski definition) is 2. The number of amides is 2. The van der Waals surface area contributed by atoms with Crippen LogP contribution in [0.3, 0.4) is 0 Å². The Hall–Kier alpha value is -1.78. The lowest BCUT2D eigenvalue weighted by Crippen LogP contribution is -2.37. The highest BCUT2D eigenvalue weighted by molar-refractivity contribution is 5.94. The van der Waals surface area contributed by atoms with Gasteiger partial charge in [-0.25, -0.2) is 0 Å². The molecule has 1 aliphatic rings. The number of hydrogen-bond donors (Lipinski definition) is 0. The van der Waals surface area contributed by atoms with Gasteiger partial charge < -0.3 is 14.4 Å². The van der Waals surface area contributed by atoms with Crippen molar-refractivity contribution in [3.05, 3.63) is 24.0 Å². The van der Waals surface area contributed by atoms with Gasteiger partial charge in [0.25, 0.3) is 5.91 Å². The van der Waals surface area contributed by atoms with Gasteiger partial charge in [-0.3, -0.25) is 9.59 Å². The summed E-state index contributed by atoms with van der Waals surface area (Å²) in [6.07, 6.45) is 5.09. The third-order valence-corrected chi connectivity index (χ3v) is 3.52. The maximum absolute atomic E-state index is 12.3. The Bertz CT molecular complexity index is 467. The predicted octanol–water partition coefficient (Wildman–Crippen LogP) is 1.11. The molecule has 0 bridgehead atoms. The van der Waals surface area contributed by atoms with Crippen LogP contribution in [0.15, 0.2) is 18.5 Å². The third-order valence-electron chi connectivity index (χ3n) is 3.52. The van der Waals surface area contributed by atoms with Crippen molar-refractivity contribution in [3.8, 4) is 0 Å². The summed E-state index contributed by atoms with van der Waals surface area (Å²) in [7, 11) is 1.90. The number of aryl methyl sites for hydroxylation is 1. The van der Waals surface area contributed by atoms with Gasteiger partial charge >= 0.3 is 0 Å². The zero-order valence-corrected chi connectivity index (χ0v) is 11.6. The highest BCUT2D eigenvalue weighted by atomic mass is 16.2. The van der Waals surface area contributed by atoms with Crippen LogP contribution in [-0.4, -0.2) is 52.4 Å². The molecule has 0 radical (unpaired) electrons. The predicted molar refractivity (Wildman–Crippen MR) is 72.8 cm³/mol. The zero-order valence-electron chi connectivity index (χ0n) is 11.6. The van der Waals surface area contributed by atoms with Crippen LogP contribution in [0, 0.1) is 0 Å².